The molecule has 170 valence electrons. The summed E-state index contributed by atoms with van der Waals surface area (Å²) in [6.45, 7) is 3.04. The predicted molar refractivity (Wildman–Crippen MR) is 131 cm³/mol. The van der Waals surface area contributed by atoms with E-state index in [9.17, 15) is 0 Å². The highest BCUT2D eigenvalue weighted by Gasteiger charge is 2.14. The van der Waals surface area contributed by atoms with Gasteiger partial charge < -0.3 is 19.6 Å². The first kappa shape index (κ1) is 22.4. The Labute approximate surface area is 197 Å². The molecule has 1 aromatic heterocycles. The summed E-state index contributed by atoms with van der Waals surface area (Å²) in [5.41, 5.74) is 7.49. The summed E-state index contributed by atoms with van der Waals surface area (Å²) in [7, 11) is 3.27. The van der Waals surface area contributed by atoms with Crippen LogP contribution in [0.2, 0.25) is 0 Å². The Hall–Kier alpha value is -3.78. The average molecular weight is 463 g/mol. The smallest absolute Gasteiger partial charge is 0.214 e. The molecule has 0 aliphatic heterocycles. The van der Waals surface area contributed by atoms with E-state index in [1.54, 1.807) is 18.9 Å². The maximum Gasteiger partial charge on any atom is 0.214 e. The summed E-state index contributed by atoms with van der Waals surface area (Å²) in [6, 6.07) is 21.8. The molecule has 0 spiro atoms. The standard InChI is InChI=1S/C25H26N4O3S/c1-17-8-10-18(11-9-17)16-32-22-13-12-19(14-23(22)31-3)15-26-29-24(27-28-25(29)33)20-6-4-5-7-21(20)30-2/h4-14,26H,15-16H2,1-3H3,(H,28,33). The summed E-state index contributed by atoms with van der Waals surface area (Å²) in [5, 5.41) is 7.22. The number of benzene rings is 3. The normalized spacial score (nSPS) is 10.6. The van der Waals surface area contributed by atoms with Gasteiger partial charge in [0.1, 0.15) is 12.4 Å². The summed E-state index contributed by atoms with van der Waals surface area (Å²) in [5.74, 6) is 2.72. The lowest BCUT2D eigenvalue weighted by atomic mass is 10.1. The van der Waals surface area contributed by atoms with Crippen LogP contribution in [0.25, 0.3) is 11.4 Å². The van der Waals surface area contributed by atoms with Crippen molar-refractivity contribution < 1.29 is 14.2 Å². The average Bonchev–Trinajstić information content (AvgIpc) is 3.22. The second-order valence-corrected chi connectivity index (χ2v) is 7.87. The van der Waals surface area contributed by atoms with Crippen molar-refractivity contribution in [2.75, 3.05) is 19.6 Å². The fraction of sp³-hybridized carbons (Fsp3) is 0.200. The van der Waals surface area contributed by atoms with Crippen molar-refractivity contribution >= 4 is 12.2 Å². The van der Waals surface area contributed by atoms with Gasteiger partial charge >= 0.3 is 0 Å². The Balaban J connectivity index is 1.49. The van der Waals surface area contributed by atoms with Crippen molar-refractivity contribution in [3.63, 3.8) is 0 Å². The number of nitrogens with one attached hydrogen (secondary N) is 2. The lowest BCUT2D eigenvalue weighted by Gasteiger charge is -2.14. The Bertz CT molecular complexity index is 1280. The second-order valence-electron chi connectivity index (χ2n) is 7.48. The highest BCUT2D eigenvalue weighted by Crippen LogP contribution is 2.30. The molecular formula is C25H26N4O3S. The van der Waals surface area contributed by atoms with Crippen molar-refractivity contribution in [2.45, 2.75) is 20.1 Å². The van der Waals surface area contributed by atoms with Gasteiger partial charge in [-0.25, -0.2) is 9.77 Å². The van der Waals surface area contributed by atoms with E-state index in [0.29, 0.717) is 41.0 Å². The van der Waals surface area contributed by atoms with Crippen LogP contribution in [-0.2, 0) is 13.2 Å². The molecule has 3 aromatic carbocycles. The fourth-order valence-corrected chi connectivity index (χ4v) is 3.61. The van der Waals surface area contributed by atoms with Crippen molar-refractivity contribution in [3.8, 4) is 28.6 Å². The minimum Gasteiger partial charge on any atom is -0.496 e. The highest BCUT2D eigenvalue weighted by atomic mass is 32.1. The number of ether oxygens (including phenoxy) is 3. The molecule has 8 heteroatoms. The van der Waals surface area contributed by atoms with Gasteiger partial charge in [0.15, 0.2) is 17.3 Å². The molecule has 0 saturated heterocycles. The van der Waals surface area contributed by atoms with Crippen LogP contribution in [0.5, 0.6) is 17.2 Å². The SMILES string of the molecule is COc1cc(CNn2c(-c3ccccc3OC)n[nH]c2=S)ccc1OCc1ccc(C)cc1. The van der Waals surface area contributed by atoms with Crippen LogP contribution in [0, 0.1) is 11.7 Å². The molecular weight excluding hydrogens is 436 g/mol. The van der Waals surface area contributed by atoms with Crippen LogP contribution in [0.15, 0.2) is 66.7 Å². The van der Waals surface area contributed by atoms with Crippen molar-refractivity contribution in [2.24, 2.45) is 0 Å². The molecule has 0 fully saturated rings. The van der Waals surface area contributed by atoms with Gasteiger partial charge in [-0.15, -0.1) is 0 Å². The maximum absolute atomic E-state index is 5.98. The van der Waals surface area contributed by atoms with E-state index in [-0.39, 0.29) is 0 Å². The summed E-state index contributed by atoms with van der Waals surface area (Å²) >= 11 is 5.42. The summed E-state index contributed by atoms with van der Waals surface area (Å²) in [6.07, 6.45) is 0. The van der Waals surface area contributed by atoms with E-state index < -0.39 is 0 Å². The summed E-state index contributed by atoms with van der Waals surface area (Å²) < 4.78 is 19.2. The quantitative estimate of drug-likeness (QED) is 0.331. The minimum atomic E-state index is 0.459. The van der Waals surface area contributed by atoms with Crippen LogP contribution >= 0.6 is 12.2 Å². The molecule has 0 unspecified atom stereocenters. The lowest BCUT2D eigenvalue weighted by molar-refractivity contribution is 0.284. The predicted octanol–water partition coefficient (Wildman–Crippen LogP) is 5.26. The number of para-hydroxylation sites is 1. The number of hydrogen-bond donors (Lipinski definition) is 2. The molecule has 1 heterocycles. The zero-order valence-electron chi connectivity index (χ0n) is 18.8. The third kappa shape index (κ3) is 5.18. The minimum absolute atomic E-state index is 0.459. The monoisotopic (exact) mass is 462 g/mol. The number of hydrogen-bond acceptors (Lipinski definition) is 6. The largest absolute Gasteiger partial charge is 0.496 e. The maximum atomic E-state index is 5.98. The van der Waals surface area contributed by atoms with Crippen molar-refractivity contribution in [1.82, 2.24) is 14.9 Å². The van der Waals surface area contributed by atoms with Crippen LogP contribution < -0.4 is 19.6 Å². The number of aryl methyl sites for hydroxylation is 1. The summed E-state index contributed by atoms with van der Waals surface area (Å²) in [4.78, 5) is 0. The molecule has 0 saturated carbocycles. The number of methoxy groups -OCH3 is 2. The van der Waals surface area contributed by atoms with Gasteiger partial charge in [0.2, 0.25) is 4.77 Å². The number of nitrogens with zero attached hydrogens (tertiary/aromatic N) is 2. The third-order valence-electron chi connectivity index (χ3n) is 5.20. The number of H-pyrrole nitrogens is 1. The number of rotatable bonds is 9. The van der Waals surface area contributed by atoms with Crippen LogP contribution in [0.1, 0.15) is 16.7 Å². The zero-order chi connectivity index (χ0) is 23.2. The molecule has 33 heavy (non-hydrogen) atoms. The zero-order valence-corrected chi connectivity index (χ0v) is 19.6. The first-order chi connectivity index (χ1) is 16.1. The van der Waals surface area contributed by atoms with Gasteiger partial charge in [0.05, 0.1) is 26.3 Å². The molecule has 4 aromatic rings. The van der Waals surface area contributed by atoms with Gasteiger partial charge in [-0.3, -0.25) is 0 Å². The van der Waals surface area contributed by atoms with E-state index in [2.05, 4.69) is 46.8 Å². The van der Waals surface area contributed by atoms with E-state index >= 15 is 0 Å². The van der Waals surface area contributed by atoms with Crippen molar-refractivity contribution in [3.05, 3.63) is 88.2 Å². The van der Waals surface area contributed by atoms with E-state index in [4.69, 9.17) is 26.4 Å². The Morgan fingerprint density at radius 3 is 2.39 bits per heavy atom. The molecule has 0 amide bonds. The van der Waals surface area contributed by atoms with Gasteiger partial charge in [-0.1, -0.05) is 48.0 Å². The van der Waals surface area contributed by atoms with Gasteiger partial charge in [0, 0.05) is 0 Å². The first-order valence-electron chi connectivity index (χ1n) is 10.5. The topological polar surface area (TPSA) is 73.3 Å². The van der Waals surface area contributed by atoms with Crippen LogP contribution in [0.3, 0.4) is 0 Å². The first-order valence-corrected chi connectivity index (χ1v) is 10.9. The Kier molecular flexibility index (Phi) is 6.95. The lowest BCUT2D eigenvalue weighted by Crippen LogP contribution is -2.16. The number of aromatic nitrogens is 3. The molecule has 0 atom stereocenters. The Morgan fingerprint density at radius 2 is 1.64 bits per heavy atom. The second kappa shape index (κ2) is 10.2. The van der Waals surface area contributed by atoms with Gasteiger partial charge in [0.25, 0.3) is 0 Å². The third-order valence-corrected chi connectivity index (χ3v) is 5.48. The molecule has 0 aliphatic rings. The molecule has 0 radical (unpaired) electrons. The van der Waals surface area contributed by atoms with Gasteiger partial charge in [-0.2, -0.15) is 5.10 Å². The molecule has 0 aliphatic carbocycles. The Morgan fingerprint density at radius 1 is 0.909 bits per heavy atom. The van der Waals surface area contributed by atoms with Crippen molar-refractivity contribution in [1.29, 1.82) is 0 Å². The molecule has 0 bridgehead atoms. The van der Waals surface area contributed by atoms with Crippen LogP contribution in [-0.4, -0.2) is 29.1 Å². The highest BCUT2D eigenvalue weighted by molar-refractivity contribution is 7.71. The molecule has 4 rings (SSSR count). The van der Waals surface area contributed by atoms with E-state index in [0.717, 1.165) is 16.7 Å². The molecule has 2 N–H and O–H groups in total. The van der Waals surface area contributed by atoms with E-state index in [1.807, 2.05) is 42.5 Å². The van der Waals surface area contributed by atoms with Gasteiger partial charge in [-0.05, 0) is 54.5 Å². The fourth-order valence-electron chi connectivity index (χ4n) is 3.41. The molecule has 7 nitrogen and oxygen atoms in total. The van der Waals surface area contributed by atoms with Crippen LogP contribution in [0.4, 0.5) is 0 Å². The number of aromatic amines is 1. The van der Waals surface area contributed by atoms with E-state index in [1.165, 1.54) is 5.56 Å².